The van der Waals surface area contributed by atoms with Crippen LogP contribution in [0.15, 0.2) is 29.2 Å². The van der Waals surface area contributed by atoms with Crippen molar-refractivity contribution in [1.29, 1.82) is 0 Å². The summed E-state index contributed by atoms with van der Waals surface area (Å²) >= 11 is 0. The van der Waals surface area contributed by atoms with E-state index in [0.29, 0.717) is 19.0 Å². The van der Waals surface area contributed by atoms with Crippen LogP contribution in [0, 0.1) is 5.41 Å². The lowest BCUT2D eigenvalue weighted by atomic mass is 9.77. The Bertz CT molecular complexity index is 1070. The third-order valence-corrected chi connectivity index (χ3v) is 6.80. The molecule has 2 atom stereocenters. The second kappa shape index (κ2) is 8.15. The van der Waals surface area contributed by atoms with Crippen LogP contribution in [0.2, 0.25) is 0 Å². The van der Waals surface area contributed by atoms with Crippen molar-refractivity contribution in [3.8, 4) is 22.8 Å². The molecule has 2 aromatic rings. The summed E-state index contributed by atoms with van der Waals surface area (Å²) in [5, 5.41) is 0. The fourth-order valence-corrected chi connectivity index (χ4v) is 5.30. The van der Waals surface area contributed by atoms with E-state index in [9.17, 15) is 9.59 Å². The van der Waals surface area contributed by atoms with E-state index in [0.717, 1.165) is 36.3 Å². The number of carbonyl (C=O) groups excluding carboxylic acids is 1. The van der Waals surface area contributed by atoms with Crippen molar-refractivity contribution < 1.29 is 19.0 Å². The number of fused-ring (bicyclic) bond motifs is 6. The lowest BCUT2D eigenvalue weighted by Gasteiger charge is -2.40. The molecule has 1 aliphatic carbocycles. The maximum Gasteiger partial charge on any atom is 0.192 e. The number of methoxy groups -OCH3 is 2. The van der Waals surface area contributed by atoms with Crippen molar-refractivity contribution in [2.75, 3.05) is 27.4 Å². The van der Waals surface area contributed by atoms with E-state index in [2.05, 4.69) is 24.5 Å². The smallest absolute Gasteiger partial charge is 0.192 e. The van der Waals surface area contributed by atoms with Gasteiger partial charge in [0.2, 0.25) is 0 Å². The van der Waals surface area contributed by atoms with Crippen LogP contribution in [-0.4, -0.2) is 37.8 Å². The number of ketones is 1. The van der Waals surface area contributed by atoms with Gasteiger partial charge in [-0.2, -0.15) is 0 Å². The van der Waals surface area contributed by atoms with E-state index in [1.54, 1.807) is 26.5 Å². The van der Waals surface area contributed by atoms with E-state index in [4.69, 9.17) is 14.2 Å². The first kappa shape index (κ1) is 21.6. The minimum Gasteiger partial charge on any atom is -0.493 e. The van der Waals surface area contributed by atoms with Gasteiger partial charge >= 0.3 is 0 Å². The van der Waals surface area contributed by atoms with E-state index in [1.165, 1.54) is 12.5 Å². The molecule has 0 amide bonds. The Kier molecular flexibility index (Phi) is 5.69. The maximum atomic E-state index is 12.7. The number of Topliss-reactive ketones (excluding diaryl/α,β-unsaturated/α-hetero) is 1. The van der Waals surface area contributed by atoms with Crippen molar-refractivity contribution in [3.63, 3.8) is 0 Å². The highest BCUT2D eigenvalue weighted by atomic mass is 16.5. The van der Waals surface area contributed by atoms with Crippen molar-refractivity contribution in [2.45, 2.75) is 52.0 Å². The Morgan fingerprint density at radius 2 is 1.94 bits per heavy atom. The molecule has 6 heteroatoms. The molecule has 0 spiro atoms. The van der Waals surface area contributed by atoms with Crippen molar-refractivity contribution in [3.05, 3.63) is 45.7 Å². The van der Waals surface area contributed by atoms with Crippen LogP contribution in [0.1, 0.15) is 67.9 Å². The lowest BCUT2D eigenvalue weighted by Crippen LogP contribution is -2.32. The van der Waals surface area contributed by atoms with Gasteiger partial charge in [0.15, 0.2) is 22.7 Å². The van der Waals surface area contributed by atoms with Gasteiger partial charge in [0, 0.05) is 49.9 Å². The summed E-state index contributed by atoms with van der Waals surface area (Å²) in [6.07, 6.45) is 4.68. The van der Waals surface area contributed by atoms with Crippen LogP contribution in [-0.2, 0) is 4.74 Å². The van der Waals surface area contributed by atoms with Crippen molar-refractivity contribution >= 4 is 5.78 Å². The Morgan fingerprint density at radius 1 is 1.16 bits per heavy atom. The molecular formula is C25H31NO5. The number of rotatable bonds is 7. The molecule has 2 heterocycles. The van der Waals surface area contributed by atoms with Gasteiger partial charge < -0.3 is 18.8 Å². The average Bonchev–Trinajstić information content (AvgIpc) is 3.05. The first-order valence-electron chi connectivity index (χ1n) is 10.9. The van der Waals surface area contributed by atoms with Crippen molar-refractivity contribution in [2.24, 2.45) is 5.41 Å². The summed E-state index contributed by atoms with van der Waals surface area (Å²) in [4.78, 5) is 24.8. The molecule has 4 rings (SSSR count). The minimum absolute atomic E-state index is 0.0413. The predicted octanol–water partition coefficient (Wildman–Crippen LogP) is 4.60. The number of ether oxygens (including phenoxy) is 3. The zero-order valence-corrected chi connectivity index (χ0v) is 19.0. The zero-order valence-electron chi connectivity index (χ0n) is 19.0. The molecular weight excluding hydrogens is 394 g/mol. The Labute approximate surface area is 183 Å². The van der Waals surface area contributed by atoms with Gasteiger partial charge in [-0.1, -0.05) is 13.8 Å². The van der Waals surface area contributed by atoms with E-state index in [1.807, 2.05) is 6.07 Å². The monoisotopic (exact) mass is 425 g/mol. The van der Waals surface area contributed by atoms with E-state index < -0.39 is 0 Å². The van der Waals surface area contributed by atoms with Crippen LogP contribution in [0.3, 0.4) is 0 Å². The number of aromatic nitrogens is 1. The number of nitrogens with zero attached hydrogens (tertiary/aromatic N) is 1. The Balaban J connectivity index is 1.88. The summed E-state index contributed by atoms with van der Waals surface area (Å²) in [5.41, 5.74) is 3.06. The standard InChI is InChI=1S/C25H31NO5/c1-15(27)19-14-26-20(13-21(19)28)18-12-22(30-5)23(31-10-6-9-29-4)11-17(18)16-7-8-25(2,3)24(16)26/h11-14,16,24H,6-10H2,1-5H3/t16-,24+/m0/s1. The largest absolute Gasteiger partial charge is 0.493 e. The molecule has 31 heavy (non-hydrogen) atoms. The second-order valence-electron chi connectivity index (χ2n) is 9.26. The van der Waals surface area contributed by atoms with E-state index in [-0.39, 0.29) is 34.2 Å². The first-order chi connectivity index (χ1) is 14.8. The normalized spacial score (nSPS) is 20.5. The van der Waals surface area contributed by atoms with Gasteiger partial charge in [0.25, 0.3) is 0 Å². The van der Waals surface area contributed by atoms with Crippen LogP contribution in [0.25, 0.3) is 11.3 Å². The van der Waals surface area contributed by atoms with Gasteiger partial charge in [-0.15, -0.1) is 0 Å². The highest BCUT2D eigenvalue weighted by Gasteiger charge is 2.47. The van der Waals surface area contributed by atoms with E-state index >= 15 is 0 Å². The summed E-state index contributed by atoms with van der Waals surface area (Å²) in [5.74, 6) is 1.45. The third-order valence-electron chi connectivity index (χ3n) is 6.80. The topological polar surface area (TPSA) is 66.8 Å². The molecule has 2 aliphatic rings. The molecule has 0 radical (unpaired) electrons. The van der Waals surface area contributed by atoms with Crippen molar-refractivity contribution in [1.82, 2.24) is 4.57 Å². The van der Waals surface area contributed by atoms with Gasteiger partial charge in [-0.25, -0.2) is 0 Å². The molecule has 0 unspecified atom stereocenters. The molecule has 1 fully saturated rings. The summed E-state index contributed by atoms with van der Waals surface area (Å²) in [7, 11) is 3.30. The second-order valence-corrected chi connectivity index (χ2v) is 9.26. The number of carbonyl (C=O) groups is 1. The average molecular weight is 426 g/mol. The van der Waals surface area contributed by atoms with Crippen LogP contribution in [0.5, 0.6) is 11.5 Å². The summed E-state index contributed by atoms with van der Waals surface area (Å²) < 4.78 is 18.9. The highest BCUT2D eigenvalue weighted by Crippen LogP contribution is 2.59. The van der Waals surface area contributed by atoms with Gasteiger partial charge in [-0.3, -0.25) is 9.59 Å². The van der Waals surface area contributed by atoms with Crippen LogP contribution >= 0.6 is 0 Å². The molecule has 0 saturated heterocycles. The molecule has 1 aliphatic heterocycles. The third kappa shape index (κ3) is 3.67. The number of pyridine rings is 1. The highest BCUT2D eigenvalue weighted by molar-refractivity contribution is 5.94. The molecule has 1 saturated carbocycles. The van der Waals surface area contributed by atoms with Gasteiger partial charge in [-0.05, 0) is 42.9 Å². The van der Waals surface area contributed by atoms with Crippen LogP contribution in [0.4, 0.5) is 0 Å². The fourth-order valence-electron chi connectivity index (χ4n) is 5.30. The van der Waals surface area contributed by atoms with Crippen LogP contribution < -0.4 is 14.9 Å². The number of benzene rings is 1. The van der Waals surface area contributed by atoms with Gasteiger partial charge in [0.05, 0.1) is 25.0 Å². The fraction of sp³-hybridized carbons (Fsp3) is 0.520. The summed E-state index contributed by atoms with van der Waals surface area (Å²) in [6.45, 7) is 7.17. The quantitative estimate of drug-likeness (QED) is 0.479. The lowest BCUT2D eigenvalue weighted by molar-refractivity contribution is 0.101. The van der Waals surface area contributed by atoms with Gasteiger partial charge in [0.1, 0.15) is 0 Å². The Hall–Kier alpha value is -2.60. The maximum absolute atomic E-state index is 12.7. The molecule has 1 aromatic heterocycles. The number of hydrogen-bond donors (Lipinski definition) is 0. The zero-order chi connectivity index (χ0) is 22.3. The molecule has 1 aromatic carbocycles. The minimum atomic E-state index is -0.238. The Morgan fingerprint density at radius 3 is 2.61 bits per heavy atom. The molecule has 6 nitrogen and oxygen atoms in total. The molecule has 0 N–H and O–H groups in total. The molecule has 0 bridgehead atoms. The predicted molar refractivity (Wildman–Crippen MR) is 119 cm³/mol. The number of hydrogen-bond acceptors (Lipinski definition) is 5. The SMILES string of the molecule is COCCCOc1cc2c(cc1OC)-c1cc(=O)c(C(C)=O)cn1[C@@H]1[C@H]2CCC1(C)C. The molecule has 166 valence electrons. The summed E-state index contributed by atoms with van der Waals surface area (Å²) in [6, 6.07) is 5.84. The first-order valence-corrected chi connectivity index (χ1v) is 10.9.